The fourth-order valence-electron chi connectivity index (χ4n) is 3.58. The Balaban J connectivity index is 1.52. The fourth-order valence-corrected chi connectivity index (χ4v) is 3.58. The number of rotatable bonds is 7. The van der Waals surface area contributed by atoms with Gasteiger partial charge in [-0.25, -0.2) is 9.78 Å². The molecule has 2 heterocycles. The third kappa shape index (κ3) is 4.71. The van der Waals surface area contributed by atoms with Gasteiger partial charge in [-0.2, -0.15) is 0 Å². The Morgan fingerprint density at radius 1 is 1.32 bits per heavy atom. The van der Waals surface area contributed by atoms with E-state index in [2.05, 4.69) is 10.3 Å². The van der Waals surface area contributed by atoms with Crippen LogP contribution in [0.25, 0.3) is 0 Å². The van der Waals surface area contributed by atoms with E-state index < -0.39 is 0 Å². The molecule has 0 radical (unpaired) electrons. The molecule has 1 atom stereocenters. The molecule has 1 aliphatic heterocycles. The van der Waals surface area contributed by atoms with E-state index in [0.717, 1.165) is 24.2 Å². The summed E-state index contributed by atoms with van der Waals surface area (Å²) in [7, 11) is 1.81. The van der Waals surface area contributed by atoms with E-state index in [0.29, 0.717) is 38.5 Å². The van der Waals surface area contributed by atoms with Crippen LogP contribution in [0.4, 0.5) is 4.79 Å². The number of nitrogens with one attached hydrogen (secondary N) is 1. The first kappa shape index (κ1) is 19.9. The summed E-state index contributed by atoms with van der Waals surface area (Å²) < 4.78 is 7.36. The van der Waals surface area contributed by atoms with Gasteiger partial charge >= 0.3 is 6.03 Å². The standard InChI is InChI=1S/C21H28N4O3/c1-3-28-18-9-5-4-7-16(18)10-11-23-21(27)25-13-6-8-17(15-25)19(26)20-22-12-14-24(20)2/h4-5,7,9,12,14,17H,3,6,8,10-11,13,15H2,1-2H3,(H,23,27)/t17-/m0/s1. The van der Waals surface area contributed by atoms with Gasteiger partial charge in [0.25, 0.3) is 0 Å². The van der Waals surface area contributed by atoms with E-state index in [-0.39, 0.29) is 17.7 Å². The lowest BCUT2D eigenvalue weighted by Gasteiger charge is -2.31. The number of imidazole rings is 1. The minimum atomic E-state index is -0.195. The highest BCUT2D eigenvalue weighted by Crippen LogP contribution is 2.21. The molecule has 0 aliphatic carbocycles. The van der Waals surface area contributed by atoms with Crippen LogP contribution in [0, 0.1) is 5.92 Å². The van der Waals surface area contributed by atoms with Crippen molar-refractivity contribution in [3.05, 3.63) is 48.0 Å². The van der Waals surface area contributed by atoms with Crippen molar-refractivity contribution in [2.24, 2.45) is 13.0 Å². The maximum Gasteiger partial charge on any atom is 0.317 e. The summed E-state index contributed by atoms with van der Waals surface area (Å²) in [4.78, 5) is 31.2. The summed E-state index contributed by atoms with van der Waals surface area (Å²) in [5, 5.41) is 2.98. The minimum Gasteiger partial charge on any atom is -0.494 e. The summed E-state index contributed by atoms with van der Waals surface area (Å²) >= 11 is 0. The lowest BCUT2D eigenvalue weighted by Crippen LogP contribution is -2.47. The molecule has 1 fully saturated rings. The van der Waals surface area contributed by atoms with Crippen LogP contribution in [-0.2, 0) is 13.5 Å². The number of benzene rings is 1. The number of para-hydroxylation sites is 1. The summed E-state index contributed by atoms with van der Waals surface area (Å²) in [5.74, 6) is 1.13. The number of aromatic nitrogens is 2. The van der Waals surface area contributed by atoms with Crippen molar-refractivity contribution >= 4 is 11.8 Å². The molecule has 3 rings (SSSR count). The zero-order valence-electron chi connectivity index (χ0n) is 16.6. The van der Waals surface area contributed by atoms with Crippen LogP contribution in [-0.4, -0.2) is 52.5 Å². The van der Waals surface area contributed by atoms with E-state index in [1.165, 1.54) is 0 Å². The average molecular weight is 384 g/mol. The van der Waals surface area contributed by atoms with Gasteiger partial charge in [-0.05, 0) is 37.8 Å². The highest BCUT2D eigenvalue weighted by Gasteiger charge is 2.30. The Morgan fingerprint density at radius 3 is 2.89 bits per heavy atom. The molecule has 0 spiro atoms. The molecule has 1 saturated heterocycles. The molecule has 1 N–H and O–H groups in total. The number of urea groups is 1. The van der Waals surface area contributed by atoms with Crippen molar-refractivity contribution in [1.82, 2.24) is 19.8 Å². The Labute approximate surface area is 165 Å². The van der Waals surface area contributed by atoms with E-state index in [4.69, 9.17) is 4.74 Å². The number of aryl methyl sites for hydroxylation is 1. The number of carbonyl (C=O) groups excluding carboxylic acids is 2. The first-order valence-corrected chi connectivity index (χ1v) is 9.85. The van der Waals surface area contributed by atoms with Crippen molar-refractivity contribution < 1.29 is 14.3 Å². The molecule has 2 aromatic rings. The van der Waals surface area contributed by atoms with Crippen LogP contribution >= 0.6 is 0 Å². The highest BCUT2D eigenvalue weighted by atomic mass is 16.5. The van der Waals surface area contributed by atoms with Crippen LogP contribution in [0.5, 0.6) is 5.75 Å². The zero-order valence-corrected chi connectivity index (χ0v) is 16.6. The predicted octanol–water partition coefficient (Wildman–Crippen LogP) is 2.67. The van der Waals surface area contributed by atoms with Gasteiger partial charge in [0.15, 0.2) is 5.82 Å². The highest BCUT2D eigenvalue weighted by molar-refractivity contribution is 5.95. The first-order valence-electron chi connectivity index (χ1n) is 9.85. The fraction of sp³-hybridized carbons (Fsp3) is 0.476. The van der Waals surface area contributed by atoms with Crippen LogP contribution in [0.15, 0.2) is 36.7 Å². The molecular formula is C21H28N4O3. The first-order chi connectivity index (χ1) is 13.6. The van der Waals surface area contributed by atoms with Crippen molar-refractivity contribution in [2.45, 2.75) is 26.2 Å². The zero-order chi connectivity index (χ0) is 19.9. The molecule has 1 aliphatic rings. The quantitative estimate of drug-likeness (QED) is 0.745. The number of hydrogen-bond acceptors (Lipinski definition) is 4. The van der Waals surface area contributed by atoms with E-state index in [1.807, 2.05) is 38.2 Å². The average Bonchev–Trinajstić information content (AvgIpc) is 3.15. The molecule has 0 saturated carbocycles. The van der Waals surface area contributed by atoms with Crippen LogP contribution in [0.2, 0.25) is 0 Å². The van der Waals surface area contributed by atoms with Gasteiger partial charge in [-0.3, -0.25) is 4.79 Å². The van der Waals surface area contributed by atoms with Gasteiger partial charge in [0.05, 0.1) is 6.61 Å². The van der Waals surface area contributed by atoms with Crippen LogP contribution < -0.4 is 10.1 Å². The number of ether oxygens (including phenoxy) is 1. The van der Waals surface area contributed by atoms with E-state index in [9.17, 15) is 9.59 Å². The maximum absolute atomic E-state index is 12.7. The minimum absolute atomic E-state index is 0.00985. The number of ketones is 1. The molecule has 150 valence electrons. The number of likely N-dealkylation sites (tertiary alicyclic amines) is 1. The molecule has 1 aromatic heterocycles. The summed E-state index contributed by atoms with van der Waals surface area (Å²) in [6.45, 7) is 4.20. The summed E-state index contributed by atoms with van der Waals surface area (Å²) in [6, 6.07) is 7.75. The van der Waals surface area contributed by atoms with E-state index >= 15 is 0 Å². The van der Waals surface area contributed by atoms with Gasteiger partial charge in [0, 0.05) is 45.0 Å². The maximum atomic E-state index is 12.7. The molecule has 1 aromatic carbocycles. The lowest BCUT2D eigenvalue weighted by molar-refractivity contribution is 0.0832. The van der Waals surface area contributed by atoms with Crippen molar-refractivity contribution in [2.75, 3.05) is 26.2 Å². The van der Waals surface area contributed by atoms with Crippen molar-refractivity contribution in [3.63, 3.8) is 0 Å². The number of Topliss-reactive ketones (excluding diaryl/α,β-unsaturated/α-hetero) is 1. The van der Waals surface area contributed by atoms with Gasteiger partial charge < -0.3 is 19.5 Å². The largest absolute Gasteiger partial charge is 0.494 e. The third-order valence-corrected chi connectivity index (χ3v) is 5.06. The van der Waals surface area contributed by atoms with Gasteiger partial charge in [-0.1, -0.05) is 18.2 Å². The van der Waals surface area contributed by atoms with Crippen molar-refractivity contribution in [1.29, 1.82) is 0 Å². The second kappa shape index (κ2) is 9.39. The van der Waals surface area contributed by atoms with Crippen LogP contribution in [0.3, 0.4) is 0 Å². The second-order valence-electron chi connectivity index (χ2n) is 7.03. The number of amides is 2. The smallest absolute Gasteiger partial charge is 0.317 e. The number of hydrogen-bond donors (Lipinski definition) is 1. The van der Waals surface area contributed by atoms with E-state index in [1.54, 1.807) is 21.9 Å². The van der Waals surface area contributed by atoms with Gasteiger partial charge in [0.1, 0.15) is 5.75 Å². The molecule has 0 unspecified atom stereocenters. The second-order valence-corrected chi connectivity index (χ2v) is 7.03. The Kier molecular flexibility index (Phi) is 6.68. The monoisotopic (exact) mass is 384 g/mol. The normalized spacial score (nSPS) is 16.6. The Bertz CT molecular complexity index is 817. The van der Waals surface area contributed by atoms with Crippen molar-refractivity contribution in [3.8, 4) is 5.75 Å². The molecule has 7 nitrogen and oxygen atoms in total. The molecular weight excluding hydrogens is 356 g/mol. The lowest BCUT2D eigenvalue weighted by atomic mass is 9.93. The number of nitrogens with zero attached hydrogens (tertiary/aromatic N) is 3. The molecule has 2 amide bonds. The molecule has 28 heavy (non-hydrogen) atoms. The molecule has 7 heteroatoms. The number of carbonyl (C=O) groups is 2. The SMILES string of the molecule is CCOc1ccccc1CCNC(=O)N1CCC[C@H](C(=O)c2nccn2C)C1. The molecule has 0 bridgehead atoms. The predicted molar refractivity (Wildman–Crippen MR) is 107 cm³/mol. The topological polar surface area (TPSA) is 76.5 Å². The number of piperidine rings is 1. The summed E-state index contributed by atoms with van der Waals surface area (Å²) in [6.07, 6.45) is 5.70. The van der Waals surface area contributed by atoms with Gasteiger partial charge in [0.2, 0.25) is 5.78 Å². The Morgan fingerprint density at radius 2 is 2.14 bits per heavy atom. The Hall–Kier alpha value is -2.83. The van der Waals surface area contributed by atoms with Crippen LogP contribution in [0.1, 0.15) is 35.9 Å². The third-order valence-electron chi connectivity index (χ3n) is 5.06. The summed E-state index contributed by atoms with van der Waals surface area (Å²) in [5.41, 5.74) is 1.08. The van der Waals surface area contributed by atoms with Gasteiger partial charge in [-0.15, -0.1) is 0 Å².